The van der Waals surface area contributed by atoms with Crippen molar-refractivity contribution in [1.29, 1.82) is 0 Å². The third-order valence-electron chi connectivity index (χ3n) is 3.51. The van der Waals surface area contributed by atoms with Crippen LogP contribution in [0.5, 0.6) is 0 Å². The number of amides is 1. The summed E-state index contributed by atoms with van der Waals surface area (Å²) in [5.74, 6) is 2.28. The van der Waals surface area contributed by atoms with E-state index in [1.165, 1.54) is 11.1 Å². The molecule has 104 valence electrons. The minimum absolute atomic E-state index is 0.227. The summed E-state index contributed by atoms with van der Waals surface area (Å²) in [7, 11) is 0. The van der Waals surface area contributed by atoms with E-state index in [0.29, 0.717) is 13.0 Å². The van der Waals surface area contributed by atoms with Crippen molar-refractivity contribution in [2.75, 3.05) is 24.6 Å². The smallest absolute Gasteiger partial charge is 0.223 e. The van der Waals surface area contributed by atoms with Crippen molar-refractivity contribution >= 4 is 17.7 Å². The largest absolute Gasteiger partial charge is 0.334 e. The first-order chi connectivity index (χ1) is 9.22. The first-order valence-corrected chi connectivity index (χ1v) is 8.01. The van der Waals surface area contributed by atoms with E-state index in [4.69, 9.17) is 5.73 Å². The molecule has 0 saturated carbocycles. The summed E-state index contributed by atoms with van der Waals surface area (Å²) >= 11 is 1.93. The number of nitrogens with two attached hydrogens (primary N) is 1. The molecule has 4 heteroatoms. The number of rotatable bonds is 4. The van der Waals surface area contributed by atoms with E-state index < -0.39 is 0 Å². The predicted molar refractivity (Wildman–Crippen MR) is 81.2 cm³/mol. The third-order valence-corrected chi connectivity index (χ3v) is 4.53. The molecule has 19 heavy (non-hydrogen) atoms. The van der Waals surface area contributed by atoms with Gasteiger partial charge in [0.1, 0.15) is 0 Å². The summed E-state index contributed by atoms with van der Waals surface area (Å²) in [6.07, 6.45) is 1.35. The topological polar surface area (TPSA) is 46.3 Å². The van der Waals surface area contributed by atoms with Gasteiger partial charge >= 0.3 is 0 Å². The van der Waals surface area contributed by atoms with Crippen LogP contribution in [0.3, 0.4) is 0 Å². The minimum Gasteiger partial charge on any atom is -0.334 e. The van der Waals surface area contributed by atoms with Gasteiger partial charge in [0.25, 0.3) is 0 Å². The zero-order chi connectivity index (χ0) is 13.7. The highest BCUT2D eigenvalue weighted by Gasteiger charge is 2.27. The van der Waals surface area contributed by atoms with E-state index in [9.17, 15) is 4.79 Å². The molecule has 0 aliphatic carbocycles. The molecule has 2 N–H and O–H groups in total. The van der Waals surface area contributed by atoms with Crippen LogP contribution in [-0.2, 0) is 4.79 Å². The fraction of sp³-hybridized carbons (Fsp3) is 0.533. The molecule has 0 aromatic heterocycles. The maximum absolute atomic E-state index is 12.3. The molecule has 1 unspecified atom stereocenters. The fourth-order valence-corrected chi connectivity index (χ4v) is 3.45. The highest BCUT2D eigenvalue weighted by Crippen LogP contribution is 2.30. The summed E-state index contributed by atoms with van der Waals surface area (Å²) in [5.41, 5.74) is 8.00. The van der Waals surface area contributed by atoms with Crippen molar-refractivity contribution in [3.8, 4) is 0 Å². The summed E-state index contributed by atoms with van der Waals surface area (Å²) in [6, 6.07) is 8.77. The summed E-state index contributed by atoms with van der Waals surface area (Å²) < 4.78 is 0. The van der Waals surface area contributed by atoms with Gasteiger partial charge in [-0.1, -0.05) is 29.8 Å². The molecule has 3 nitrogen and oxygen atoms in total. The van der Waals surface area contributed by atoms with Crippen molar-refractivity contribution in [2.45, 2.75) is 25.8 Å². The molecule has 0 spiro atoms. The van der Waals surface area contributed by atoms with E-state index in [2.05, 4.69) is 31.2 Å². The van der Waals surface area contributed by atoms with E-state index in [1.807, 2.05) is 16.7 Å². The average molecular weight is 278 g/mol. The maximum Gasteiger partial charge on any atom is 0.223 e. The first kappa shape index (κ1) is 14.4. The van der Waals surface area contributed by atoms with E-state index in [0.717, 1.165) is 24.5 Å². The zero-order valence-electron chi connectivity index (χ0n) is 11.5. The molecule has 0 bridgehead atoms. The molecular weight excluding hydrogens is 256 g/mol. The SMILES string of the molecule is Cc1ccc(C2CSCCN2C(=O)CCCN)cc1. The van der Waals surface area contributed by atoms with Crippen LogP contribution in [0.1, 0.15) is 30.0 Å². The lowest BCUT2D eigenvalue weighted by Gasteiger charge is -2.36. The minimum atomic E-state index is 0.227. The van der Waals surface area contributed by atoms with E-state index in [-0.39, 0.29) is 11.9 Å². The second-order valence-electron chi connectivity index (χ2n) is 4.98. The van der Waals surface area contributed by atoms with Gasteiger partial charge in [0.05, 0.1) is 6.04 Å². The van der Waals surface area contributed by atoms with Gasteiger partial charge in [-0.2, -0.15) is 11.8 Å². The second kappa shape index (κ2) is 6.96. The first-order valence-electron chi connectivity index (χ1n) is 6.86. The summed E-state index contributed by atoms with van der Waals surface area (Å²) in [5, 5.41) is 0. The Bertz CT molecular complexity index is 419. The molecule has 0 radical (unpaired) electrons. The van der Waals surface area contributed by atoms with Crippen LogP contribution in [0.4, 0.5) is 0 Å². The molecule has 1 atom stereocenters. The molecule has 1 amide bonds. The molecule has 1 aliphatic rings. The lowest BCUT2D eigenvalue weighted by molar-refractivity contribution is -0.133. The Morgan fingerprint density at radius 2 is 2.16 bits per heavy atom. The Hall–Kier alpha value is -1.00. The monoisotopic (exact) mass is 278 g/mol. The summed E-state index contributed by atoms with van der Waals surface area (Å²) in [4.78, 5) is 14.3. The highest BCUT2D eigenvalue weighted by atomic mass is 32.2. The predicted octanol–water partition coefficient (Wildman–Crippen LogP) is 2.35. The van der Waals surface area contributed by atoms with Crippen molar-refractivity contribution < 1.29 is 4.79 Å². The molecular formula is C15H22N2OS. The molecule has 1 aromatic rings. The molecule has 1 aromatic carbocycles. The Morgan fingerprint density at radius 3 is 2.84 bits per heavy atom. The zero-order valence-corrected chi connectivity index (χ0v) is 12.3. The van der Waals surface area contributed by atoms with Crippen LogP contribution >= 0.6 is 11.8 Å². The van der Waals surface area contributed by atoms with Crippen LogP contribution in [0.2, 0.25) is 0 Å². The van der Waals surface area contributed by atoms with Crippen LogP contribution in [0, 0.1) is 6.92 Å². The van der Waals surface area contributed by atoms with Crippen LogP contribution in [-0.4, -0.2) is 35.4 Å². The average Bonchev–Trinajstić information content (AvgIpc) is 2.45. The number of carbonyl (C=O) groups excluding carboxylic acids is 1. The lowest BCUT2D eigenvalue weighted by Crippen LogP contribution is -2.40. The Morgan fingerprint density at radius 1 is 1.42 bits per heavy atom. The number of benzene rings is 1. The Labute approximate surface area is 119 Å². The molecule has 1 fully saturated rings. The van der Waals surface area contributed by atoms with Gasteiger partial charge in [0, 0.05) is 24.5 Å². The van der Waals surface area contributed by atoms with Crippen LogP contribution in [0.25, 0.3) is 0 Å². The van der Waals surface area contributed by atoms with Crippen LogP contribution < -0.4 is 5.73 Å². The highest BCUT2D eigenvalue weighted by molar-refractivity contribution is 7.99. The van der Waals surface area contributed by atoms with Gasteiger partial charge < -0.3 is 10.6 Å². The Kier molecular flexibility index (Phi) is 5.28. The van der Waals surface area contributed by atoms with Gasteiger partial charge in [-0.3, -0.25) is 4.79 Å². The standard InChI is InChI=1S/C15H22N2OS/c1-12-4-6-13(7-5-12)14-11-19-10-9-17(14)15(18)3-2-8-16/h4-7,14H,2-3,8-11,16H2,1H3. The lowest BCUT2D eigenvalue weighted by atomic mass is 10.0. The van der Waals surface area contributed by atoms with Crippen molar-refractivity contribution in [2.24, 2.45) is 5.73 Å². The molecule has 1 saturated heterocycles. The number of hydrogen-bond acceptors (Lipinski definition) is 3. The van der Waals surface area contributed by atoms with Gasteiger partial charge in [-0.15, -0.1) is 0 Å². The number of thioether (sulfide) groups is 1. The molecule has 2 rings (SSSR count). The third kappa shape index (κ3) is 3.74. The second-order valence-corrected chi connectivity index (χ2v) is 6.13. The van der Waals surface area contributed by atoms with Crippen molar-refractivity contribution in [3.05, 3.63) is 35.4 Å². The van der Waals surface area contributed by atoms with E-state index in [1.54, 1.807) is 0 Å². The van der Waals surface area contributed by atoms with Gasteiger partial charge in [-0.05, 0) is 25.5 Å². The number of nitrogens with zero attached hydrogens (tertiary/aromatic N) is 1. The summed E-state index contributed by atoms with van der Waals surface area (Å²) in [6.45, 7) is 3.53. The number of hydrogen-bond donors (Lipinski definition) is 1. The normalized spacial score (nSPS) is 19.5. The fourth-order valence-electron chi connectivity index (χ4n) is 2.36. The quantitative estimate of drug-likeness (QED) is 0.919. The van der Waals surface area contributed by atoms with Gasteiger partial charge in [0.15, 0.2) is 0 Å². The van der Waals surface area contributed by atoms with Gasteiger partial charge in [-0.25, -0.2) is 0 Å². The van der Waals surface area contributed by atoms with E-state index >= 15 is 0 Å². The molecule has 1 aliphatic heterocycles. The molecule has 1 heterocycles. The number of aryl methyl sites for hydroxylation is 1. The van der Waals surface area contributed by atoms with Crippen molar-refractivity contribution in [3.63, 3.8) is 0 Å². The van der Waals surface area contributed by atoms with Crippen LogP contribution in [0.15, 0.2) is 24.3 Å². The Balaban J connectivity index is 2.11. The van der Waals surface area contributed by atoms with Crippen molar-refractivity contribution in [1.82, 2.24) is 4.90 Å². The number of carbonyl (C=O) groups is 1. The van der Waals surface area contributed by atoms with Gasteiger partial charge in [0.2, 0.25) is 5.91 Å². The maximum atomic E-state index is 12.3.